The lowest BCUT2D eigenvalue weighted by Crippen LogP contribution is -2.24. The van der Waals surface area contributed by atoms with E-state index in [4.69, 9.17) is 4.74 Å². The molecular formula is C25H22N4O3S. The highest BCUT2D eigenvalue weighted by Gasteiger charge is 2.15. The fourth-order valence-corrected chi connectivity index (χ4v) is 4.06. The van der Waals surface area contributed by atoms with Crippen molar-refractivity contribution in [1.82, 2.24) is 15.0 Å². The smallest absolute Gasteiger partial charge is 0.266 e. The number of aromatic nitrogens is 2. The van der Waals surface area contributed by atoms with E-state index in [0.717, 1.165) is 11.1 Å². The van der Waals surface area contributed by atoms with E-state index in [9.17, 15) is 9.59 Å². The molecule has 0 radical (unpaired) electrons. The third-order valence-corrected chi connectivity index (χ3v) is 5.79. The van der Waals surface area contributed by atoms with E-state index in [1.807, 2.05) is 37.3 Å². The van der Waals surface area contributed by atoms with Gasteiger partial charge in [0, 0.05) is 0 Å². The van der Waals surface area contributed by atoms with Crippen LogP contribution in [0.5, 0.6) is 5.75 Å². The molecule has 0 atom stereocenters. The van der Waals surface area contributed by atoms with Crippen molar-refractivity contribution >= 4 is 34.8 Å². The van der Waals surface area contributed by atoms with Crippen LogP contribution in [-0.4, -0.2) is 34.5 Å². The van der Waals surface area contributed by atoms with Crippen molar-refractivity contribution < 1.29 is 9.53 Å². The summed E-state index contributed by atoms with van der Waals surface area (Å²) in [5.74, 6) is 0.430. The summed E-state index contributed by atoms with van der Waals surface area (Å²) in [5.41, 5.74) is 5.54. The van der Waals surface area contributed by atoms with Gasteiger partial charge in [0.25, 0.3) is 11.5 Å². The Kier molecular flexibility index (Phi) is 6.85. The van der Waals surface area contributed by atoms with E-state index in [1.165, 1.54) is 16.3 Å². The standard InChI is InChI=1S/C25H22N4O3S/c1-17-6-5-7-18(14-17)15-26-28-23(30)16-33-25-27-22-9-4-3-8-21(22)24(31)29(25)19-10-12-20(32-2)13-11-19/h3-15H,16H2,1-2H3,(H,28,30)/b26-15+. The van der Waals surface area contributed by atoms with Crippen LogP contribution in [-0.2, 0) is 4.79 Å². The molecule has 4 aromatic rings. The first-order chi connectivity index (χ1) is 16.0. The summed E-state index contributed by atoms with van der Waals surface area (Å²) in [6, 6.07) is 22.1. The molecule has 0 aliphatic carbocycles. The molecule has 0 aliphatic heterocycles. The average molecular weight is 459 g/mol. The summed E-state index contributed by atoms with van der Waals surface area (Å²) in [6.07, 6.45) is 1.59. The van der Waals surface area contributed by atoms with Gasteiger partial charge in [-0.15, -0.1) is 0 Å². The van der Waals surface area contributed by atoms with Crippen LogP contribution >= 0.6 is 11.8 Å². The Morgan fingerprint density at radius 2 is 1.91 bits per heavy atom. The number of hydrazone groups is 1. The number of carbonyl (C=O) groups is 1. The molecule has 0 fully saturated rings. The van der Waals surface area contributed by atoms with Gasteiger partial charge in [-0.1, -0.05) is 53.7 Å². The largest absolute Gasteiger partial charge is 0.497 e. The lowest BCUT2D eigenvalue weighted by atomic mass is 10.2. The third kappa shape index (κ3) is 5.30. The number of nitrogens with zero attached hydrogens (tertiary/aromatic N) is 3. The Labute approximate surface area is 195 Å². The molecule has 1 amide bonds. The minimum absolute atomic E-state index is 0.0477. The summed E-state index contributed by atoms with van der Waals surface area (Å²) < 4.78 is 6.73. The molecule has 0 saturated carbocycles. The predicted molar refractivity (Wildman–Crippen MR) is 132 cm³/mol. The van der Waals surface area contributed by atoms with Crippen molar-refractivity contribution in [3.8, 4) is 11.4 Å². The van der Waals surface area contributed by atoms with Crippen molar-refractivity contribution in [1.29, 1.82) is 0 Å². The summed E-state index contributed by atoms with van der Waals surface area (Å²) in [7, 11) is 1.58. The predicted octanol–water partition coefficient (Wildman–Crippen LogP) is 3.95. The van der Waals surface area contributed by atoms with E-state index in [-0.39, 0.29) is 17.2 Å². The summed E-state index contributed by atoms with van der Waals surface area (Å²) in [5, 5.41) is 4.94. The Morgan fingerprint density at radius 3 is 2.67 bits per heavy atom. The van der Waals surface area contributed by atoms with Gasteiger partial charge in [-0.25, -0.2) is 10.4 Å². The molecule has 0 unspecified atom stereocenters. The summed E-state index contributed by atoms with van der Waals surface area (Å²) in [4.78, 5) is 30.3. The zero-order valence-corrected chi connectivity index (χ0v) is 19.0. The quantitative estimate of drug-likeness (QED) is 0.196. The highest BCUT2D eigenvalue weighted by Crippen LogP contribution is 2.22. The number of rotatable bonds is 7. The molecule has 0 spiro atoms. The molecule has 3 aromatic carbocycles. The lowest BCUT2D eigenvalue weighted by molar-refractivity contribution is -0.118. The monoisotopic (exact) mass is 458 g/mol. The number of fused-ring (bicyclic) bond motifs is 1. The van der Waals surface area contributed by atoms with Gasteiger partial charge in [0.15, 0.2) is 5.16 Å². The topological polar surface area (TPSA) is 85.6 Å². The number of para-hydroxylation sites is 1. The maximum Gasteiger partial charge on any atom is 0.266 e. The van der Waals surface area contributed by atoms with Crippen LogP contribution in [0.4, 0.5) is 0 Å². The summed E-state index contributed by atoms with van der Waals surface area (Å²) >= 11 is 1.17. The first kappa shape index (κ1) is 22.3. The molecule has 8 heteroatoms. The number of thioether (sulfide) groups is 1. The van der Waals surface area contributed by atoms with E-state index < -0.39 is 0 Å². The zero-order valence-electron chi connectivity index (χ0n) is 18.2. The highest BCUT2D eigenvalue weighted by molar-refractivity contribution is 7.99. The fourth-order valence-electron chi connectivity index (χ4n) is 3.26. The Bertz CT molecular complexity index is 1380. The Hall–Kier alpha value is -3.91. The van der Waals surface area contributed by atoms with Crippen LogP contribution in [0.1, 0.15) is 11.1 Å². The van der Waals surface area contributed by atoms with Gasteiger partial charge in [-0.3, -0.25) is 14.2 Å². The zero-order chi connectivity index (χ0) is 23.2. The van der Waals surface area contributed by atoms with Crippen molar-refractivity contribution in [2.75, 3.05) is 12.9 Å². The summed E-state index contributed by atoms with van der Waals surface area (Å²) in [6.45, 7) is 1.99. The first-order valence-corrected chi connectivity index (χ1v) is 11.2. The fraction of sp³-hybridized carbons (Fsp3) is 0.120. The van der Waals surface area contributed by atoms with Crippen molar-refractivity contribution in [3.63, 3.8) is 0 Å². The second-order valence-corrected chi connectivity index (χ2v) is 8.19. The van der Waals surface area contributed by atoms with E-state index in [1.54, 1.807) is 55.8 Å². The molecule has 33 heavy (non-hydrogen) atoms. The molecular weight excluding hydrogens is 436 g/mol. The number of ether oxygens (including phenoxy) is 1. The lowest BCUT2D eigenvalue weighted by Gasteiger charge is -2.13. The van der Waals surface area contributed by atoms with Crippen LogP contribution in [0.25, 0.3) is 16.6 Å². The number of amides is 1. The number of nitrogens with one attached hydrogen (secondary N) is 1. The van der Waals surface area contributed by atoms with Gasteiger partial charge >= 0.3 is 0 Å². The number of aryl methyl sites for hydroxylation is 1. The highest BCUT2D eigenvalue weighted by atomic mass is 32.2. The molecule has 1 N–H and O–H groups in total. The number of carbonyl (C=O) groups excluding carboxylic acids is 1. The maximum atomic E-state index is 13.3. The molecule has 1 aromatic heterocycles. The van der Waals surface area contributed by atoms with Gasteiger partial charge < -0.3 is 4.74 Å². The number of benzene rings is 3. The van der Waals surface area contributed by atoms with Crippen molar-refractivity contribution in [2.45, 2.75) is 12.1 Å². The minimum Gasteiger partial charge on any atom is -0.497 e. The normalized spacial score (nSPS) is 11.1. The van der Waals surface area contributed by atoms with E-state index in [2.05, 4.69) is 15.5 Å². The molecule has 7 nitrogen and oxygen atoms in total. The van der Waals surface area contributed by atoms with Crippen LogP contribution < -0.4 is 15.7 Å². The third-order valence-electron chi connectivity index (χ3n) is 4.85. The molecule has 0 aliphatic rings. The van der Waals surface area contributed by atoms with Gasteiger partial charge in [-0.05, 0) is 48.9 Å². The number of methoxy groups -OCH3 is 1. The van der Waals surface area contributed by atoms with Crippen molar-refractivity contribution in [2.24, 2.45) is 5.10 Å². The SMILES string of the molecule is COc1ccc(-n2c(SCC(=O)N/N=C/c3cccc(C)c3)nc3ccccc3c2=O)cc1. The average Bonchev–Trinajstić information content (AvgIpc) is 2.83. The van der Waals surface area contributed by atoms with Crippen LogP contribution in [0.3, 0.4) is 0 Å². The second-order valence-electron chi connectivity index (χ2n) is 7.25. The van der Waals surface area contributed by atoms with E-state index in [0.29, 0.717) is 27.5 Å². The first-order valence-electron chi connectivity index (χ1n) is 10.2. The van der Waals surface area contributed by atoms with Crippen LogP contribution in [0.15, 0.2) is 87.8 Å². The van der Waals surface area contributed by atoms with Gasteiger partial charge in [-0.2, -0.15) is 5.10 Å². The number of hydrogen-bond donors (Lipinski definition) is 1. The molecule has 0 saturated heterocycles. The molecule has 0 bridgehead atoms. The Morgan fingerprint density at radius 1 is 1.12 bits per heavy atom. The molecule has 1 heterocycles. The maximum absolute atomic E-state index is 13.3. The molecule has 4 rings (SSSR count). The van der Waals surface area contributed by atoms with Crippen LogP contribution in [0, 0.1) is 6.92 Å². The van der Waals surface area contributed by atoms with E-state index >= 15 is 0 Å². The second kappa shape index (κ2) is 10.1. The van der Waals surface area contributed by atoms with Crippen LogP contribution in [0.2, 0.25) is 0 Å². The van der Waals surface area contributed by atoms with Crippen molar-refractivity contribution in [3.05, 3.63) is 94.3 Å². The van der Waals surface area contributed by atoms with Gasteiger partial charge in [0.05, 0.1) is 35.7 Å². The van der Waals surface area contributed by atoms with Gasteiger partial charge in [0.2, 0.25) is 0 Å². The van der Waals surface area contributed by atoms with Gasteiger partial charge in [0.1, 0.15) is 5.75 Å². The number of hydrogen-bond acceptors (Lipinski definition) is 6. The minimum atomic E-state index is -0.299. The molecule has 166 valence electrons. The Balaban J connectivity index is 1.57.